The molecule has 0 spiro atoms. The Balaban J connectivity index is 1.20. The standard InChI is InChI=1S/C20H14N4O3S2/c25-17(5-6-18-23-19(24-27-18)13-7-8-28-10-13)22-20-21-14(11-29-20)16-9-12-3-1-2-4-15(12)26-16/h1-4,7-11H,5-6H2,(H,21,22,25). The van der Waals surface area contributed by atoms with Crippen LogP contribution in [0.3, 0.4) is 0 Å². The molecule has 0 aliphatic carbocycles. The van der Waals surface area contributed by atoms with Crippen LogP contribution in [0.5, 0.6) is 0 Å². The van der Waals surface area contributed by atoms with Gasteiger partial charge in [0, 0.05) is 34.6 Å². The van der Waals surface area contributed by atoms with Crippen LogP contribution in [0.15, 0.2) is 61.5 Å². The van der Waals surface area contributed by atoms with Gasteiger partial charge in [0.05, 0.1) is 0 Å². The first-order valence-electron chi connectivity index (χ1n) is 8.84. The van der Waals surface area contributed by atoms with Crippen molar-refractivity contribution in [3.8, 4) is 22.8 Å². The molecule has 1 aromatic carbocycles. The molecule has 0 aliphatic heterocycles. The number of aryl methyl sites for hydroxylation is 1. The molecule has 0 unspecified atom stereocenters. The van der Waals surface area contributed by atoms with Gasteiger partial charge in [-0.2, -0.15) is 16.3 Å². The van der Waals surface area contributed by atoms with Gasteiger partial charge in [-0.25, -0.2) is 4.98 Å². The first kappa shape index (κ1) is 17.8. The van der Waals surface area contributed by atoms with Crippen molar-refractivity contribution in [3.63, 3.8) is 0 Å². The number of rotatable bonds is 6. The van der Waals surface area contributed by atoms with Crippen LogP contribution in [-0.4, -0.2) is 21.0 Å². The summed E-state index contributed by atoms with van der Waals surface area (Å²) < 4.78 is 11.0. The van der Waals surface area contributed by atoms with E-state index in [-0.39, 0.29) is 12.3 Å². The number of hydrogen-bond donors (Lipinski definition) is 1. The van der Waals surface area contributed by atoms with Crippen LogP contribution < -0.4 is 5.32 Å². The lowest BCUT2D eigenvalue weighted by atomic mass is 10.2. The Morgan fingerprint density at radius 3 is 2.93 bits per heavy atom. The van der Waals surface area contributed by atoms with Gasteiger partial charge < -0.3 is 14.3 Å². The van der Waals surface area contributed by atoms with Crippen molar-refractivity contribution in [3.05, 3.63) is 58.4 Å². The zero-order valence-electron chi connectivity index (χ0n) is 15.0. The third kappa shape index (κ3) is 3.82. The number of benzene rings is 1. The lowest BCUT2D eigenvalue weighted by Gasteiger charge is -1.99. The third-order valence-electron chi connectivity index (χ3n) is 4.24. The molecule has 4 heterocycles. The molecule has 0 saturated heterocycles. The Labute approximate surface area is 173 Å². The van der Waals surface area contributed by atoms with Crippen molar-refractivity contribution in [2.24, 2.45) is 0 Å². The molecule has 7 nitrogen and oxygen atoms in total. The summed E-state index contributed by atoms with van der Waals surface area (Å²) in [5, 5.41) is 14.1. The summed E-state index contributed by atoms with van der Waals surface area (Å²) in [5.74, 6) is 1.49. The van der Waals surface area contributed by atoms with Crippen LogP contribution in [0.1, 0.15) is 12.3 Å². The van der Waals surface area contributed by atoms with Crippen molar-refractivity contribution in [2.45, 2.75) is 12.8 Å². The monoisotopic (exact) mass is 422 g/mol. The molecule has 5 aromatic rings. The summed E-state index contributed by atoms with van der Waals surface area (Å²) in [7, 11) is 0. The molecule has 29 heavy (non-hydrogen) atoms. The maximum atomic E-state index is 12.3. The summed E-state index contributed by atoms with van der Waals surface area (Å²) in [6.45, 7) is 0. The number of carbonyl (C=O) groups excluding carboxylic acids is 1. The van der Waals surface area contributed by atoms with Crippen molar-refractivity contribution in [2.75, 3.05) is 5.32 Å². The second-order valence-corrected chi connectivity index (χ2v) is 7.90. The van der Waals surface area contributed by atoms with Crippen molar-refractivity contribution in [1.29, 1.82) is 0 Å². The van der Waals surface area contributed by atoms with Gasteiger partial charge in [-0.3, -0.25) is 4.79 Å². The van der Waals surface area contributed by atoms with Gasteiger partial charge in [0.25, 0.3) is 0 Å². The predicted molar refractivity (Wildman–Crippen MR) is 112 cm³/mol. The highest BCUT2D eigenvalue weighted by atomic mass is 32.1. The molecule has 0 aliphatic rings. The highest BCUT2D eigenvalue weighted by molar-refractivity contribution is 7.14. The minimum absolute atomic E-state index is 0.161. The largest absolute Gasteiger partial charge is 0.454 e. The molecule has 4 aromatic heterocycles. The van der Waals surface area contributed by atoms with E-state index >= 15 is 0 Å². The Morgan fingerprint density at radius 1 is 1.14 bits per heavy atom. The second-order valence-electron chi connectivity index (χ2n) is 6.26. The van der Waals surface area contributed by atoms with Crippen LogP contribution in [-0.2, 0) is 11.2 Å². The highest BCUT2D eigenvalue weighted by Crippen LogP contribution is 2.30. The Kier molecular flexibility index (Phi) is 4.66. The van der Waals surface area contributed by atoms with E-state index in [1.165, 1.54) is 11.3 Å². The van der Waals surface area contributed by atoms with E-state index < -0.39 is 0 Å². The maximum absolute atomic E-state index is 12.3. The summed E-state index contributed by atoms with van der Waals surface area (Å²) in [4.78, 5) is 21.0. The number of nitrogens with one attached hydrogen (secondary N) is 1. The quantitative estimate of drug-likeness (QED) is 0.402. The molecule has 1 N–H and O–H groups in total. The second kappa shape index (κ2) is 7.61. The SMILES string of the molecule is O=C(CCc1nc(-c2ccsc2)no1)Nc1nc(-c2cc3ccccc3o2)cs1. The van der Waals surface area contributed by atoms with E-state index in [1.54, 1.807) is 11.3 Å². The summed E-state index contributed by atoms with van der Waals surface area (Å²) in [6, 6.07) is 11.6. The fourth-order valence-corrected chi connectivity index (χ4v) is 4.17. The van der Waals surface area contributed by atoms with Gasteiger partial charge in [0.1, 0.15) is 11.3 Å². The molecule has 144 valence electrons. The first-order chi connectivity index (χ1) is 14.2. The molecular weight excluding hydrogens is 408 g/mol. The Bertz CT molecular complexity index is 1240. The number of fused-ring (bicyclic) bond motifs is 1. The van der Waals surface area contributed by atoms with Crippen LogP contribution >= 0.6 is 22.7 Å². The summed E-state index contributed by atoms with van der Waals surface area (Å²) >= 11 is 2.92. The topological polar surface area (TPSA) is 94.0 Å². The fourth-order valence-electron chi connectivity index (χ4n) is 2.82. The minimum Gasteiger partial charge on any atom is -0.454 e. The normalized spacial score (nSPS) is 11.2. The van der Waals surface area contributed by atoms with E-state index in [0.29, 0.717) is 34.7 Å². The minimum atomic E-state index is -0.161. The maximum Gasteiger partial charge on any atom is 0.227 e. The van der Waals surface area contributed by atoms with Crippen LogP contribution in [0.25, 0.3) is 33.8 Å². The van der Waals surface area contributed by atoms with Gasteiger partial charge in [0.2, 0.25) is 17.6 Å². The van der Waals surface area contributed by atoms with Gasteiger partial charge in [-0.05, 0) is 23.6 Å². The molecule has 0 saturated carbocycles. The predicted octanol–water partition coefficient (Wildman–Crippen LogP) is 5.24. The first-order valence-corrected chi connectivity index (χ1v) is 10.7. The van der Waals surface area contributed by atoms with E-state index in [4.69, 9.17) is 8.94 Å². The van der Waals surface area contributed by atoms with Gasteiger partial charge in [0.15, 0.2) is 10.9 Å². The average Bonchev–Trinajstić information content (AvgIpc) is 3.52. The number of carbonyl (C=O) groups is 1. The van der Waals surface area contributed by atoms with Gasteiger partial charge >= 0.3 is 0 Å². The number of aromatic nitrogens is 3. The number of anilines is 1. The molecule has 1 amide bonds. The molecule has 0 radical (unpaired) electrons. The average molecular weight is 422 g/mol. The number of thiazole rings is 1. The van der Waals surface area contributed by atoms with Gasteiger partial charge in [-0.15, -0.1) is 11.3 Å². The molecule has 0 bridgehead atoms. The zero-order chi connectivity index (χ0) is 19.6. The van der Waals surface area contributed by atoms with E-state index in [9.17, 15) is 4.79 Å². The van der Waals surface area contributed by atoms with Gasteiger partial charge in [-0.1, -0.05) is 23.4 Å². The van der Waals surface area contributed by atoms with E-state index in [0.717, 1.165) is 16.5 Å². The molecule has 9 heteroatoms. The Hall–Kier alpha value is -3.30. The fraction of sp³-hybridized carbons (Fsp3) is 0.100. The Morgan fingerprint density at radius 2 is 2.07 bits per heavy atom. The number of furan rings is 1. The number of hydrogen-bond acceptors (Lipinski definition) is 8. The highest BCUT2D eigenvalue weighted by Gasteiger charge is 2.14. The van der Waals surface area contributed by atoms with Crippen LogP contribution in [0, 0.1) is 0 Å². The smallest absolute Gasteiger partial charge is 0.227 e. The van der Waals surface area contributed by atoms with Crippen molar-refractivity contribution >= 4 is 44.7 Å². The molecular formula is C20H14N4O3S2. The summed E-state index contributed by atoms with van der Waals surface area (Å²) in [5.41, 5.74) is 2.41. The number of thiophene rings is 1. The van der Waals surface area contributed by atoms with Crippen molar-refractivity contribution < 1.29 is 13.7 Å². The van der Waals surface area contributed by atoms with E-state index in [1.807, 2.05) is 52.5 Å². The van der Waals surface area contributed by atoms with Crippen LogP contribution in [0.2, 0.25) is 0 Å². The molecule has 0 fully saturated rings. The molecule has 5 rings (SSSR count). The molecule has 0 atom stereocenters. The lowest BCUT2D eigenvalue weighted by molar-refractivity contribution is -0.116. The number of amides is 1. The summed E-state index contributed by atoms with van der Waals surface area (Å²) in [6.07, 6.45) is 0.593. The van der Waals surface area contributed by atoms with Crippen molar-refractivity contribution in [1.82, 2.24) is 15.1 Å². The number of nitrogens with zero attached hydrogens (tertiary/aromatic N) is 3. The lowest BCUT2D eigenvalue weighted by Crippen LogP contribution is -2.12. The number of para-hydroxylation sites is 1. The van der Waals surface area contributed by atoms with Crippen LogP contribution in [0.4, 0.5) is 5.13 Å². The van der Waals surface area contributed by atoms with E-state index in [2.05, 4.69) is 20.4 Å². The zero-order valence-corrected chi connectivity index (χ0v) is 16.6. The third-order valence-corrected chi connectivity index (χ3v) is 5.68.